The molecule has 5 atom stereocenters. The minimum absolute atomic E-state index is 0.0379. The van der Waals surface area contributed by atoms with E-state index < -0.39 is 47.7 Å². The topological polar surface area (TPSA) is 206 Å². The molecule has 1 aliphatic heterocycles. The van der Waals surface area contributed by atoms with Crippen LogP contribution in [0, 0.1) is 0 Å². The lowest BCUT2D eigenvalue weighted by molar-refractivity contribution is -0.151. The fourth-order valence-electron chi connectivity index (χ4n) is 1.53. The molecule has 0 aromatic rings. The lowest BCUT2D eigenvalue weighted by atomic mass is 10.1. The van der Waals surface area contributed by atoms with E-state index >= 15 is 0 Å². The zero-order valence-corrected chi connectivity index (χ0v) is 13.5. The van der Waals surface area contributed by atoms with Gasteiger partial charge in [0.25, 0.3) is 0 Å². The highest BCUT2D eigenvalue weighted by atomic mass is 31.3. The maximum atomic E-state index is 11.5. The summed E-state index contributed by atoms with van der Waals surface area (Å²) in [7, 11) is -16.8. The van der Waals surface area contributed by atoms with E-state index in [1.807, 2.05) is 0 Å². The molecule has 0 spiro atoms. The van der Waals surface area contributed by atoms with Crippen molar-refractivity contribution in [2.75, 3.05) is 0 Å². The summed E-state index contributed by atoms with van der Waals surface area (Å²) in [5, 5.41) is 9.44. The molecule has 3 unspecified atom stereocenters. The number of aliphatic hydroxyl groups is 1. The second-order valence-electron chi connectivity index (χ2n) is 4.17. The summed E-state index contributed by atoms with van der Waals surface area (Å²) in [5.74, 6) is -1.57. The third-order valence-electron chi connectivity index (χ3n) is 2.16. The Bertz CT molecular complexity index is 566. The van der Waals surface area contributed by atoms with E-state index in [1.54, 1.807) is 0 Å². The number of phosphoric acid groups is 3. The molecule has 0 amide bonds. The molecule has 130 valence electrons. The second kappa shape index (κ2) is 6.76. The molecule has 13 nitrogen and oxygen atoms in total. The first-order valence-corrected chi connectivity index (χ1v) is 9.94. The zero-order chi connectivity index (χ0) is 17.3. The molecule has 5 N–H and O–H groups in total. The first-order chi connectivity index (χ1) is 9.71. The molecule has 1 heterocycles. The molecular weight excluding hydrogens is 373 g/mol. The van der Waals surface area contributed by atoms with Gasteiger partial charge in [-0.15, -0.1) is 0 Å². The van der Waals surface area contributed by atoms with Gasteiger partial charge >= 0.3 is 29.4 Å². The largest absolute Gasteiger partial charge is 0.538 e. The van der Waals surface area contributed by atoms with Crippen LogP contribution in [0.5, 0.6) is 0 Å². The molecule has 0 aromatic heterocycles. The number of carbonyl (C=O) groups is 1. The smallest absolute Gasteiger partial charge is 0.390 e. The minimum Gasteiger partial charge on any atom is -0.390 e. The minimum atomic E-state index is -5.71. The van der Waals surface area contributed by atoms with Crippen LogP contribution in [0.1, 0.15) is 13.3 Å². The van der Waals surface area contributed by atoms with E-state index in [9.17, 15) is 23.6 Å². The summed E-state index contributed by atoms with van der Waals surface area (Å²) < 4.78 is 48.4. The Morgan fingerprint density at radius 3 is 2.05 bits per heavy atom. The Labute approximate surface area is 123 Å². The second-order valence-corrected chi connectivity index (χ2v) is 8.52. The number of hydrogen-bond donors (Lipinski definition) is 5. The van der Waals surface area contributed by atoms with Gasteiger partial charge in [-0.05, 0) is 6.92 Å². The monoisotopic (exact) mass is 386 g/mol. The average Bonchev–Trinajstić information content (AvgIpc) is 2.50. The predicted molar refractivity (Wildman–Crippen MR) is 64.9 cm³/mol. The van der Waals surface area contributed by atoms with E-state index in [4.69, 9.17) is 24.3 Å². The van der Waals surface area contributed by atoms with Crippen LogP contribution in [-0.2, 0) is 36.4 Å². The van der Waals surface area contributed by atoms with Gasteiger partial charge in [-0.2, -0.15) is 8.62 Å². The van der Waals surface area contributed by atoms with Gasteiger partial charge in [0, 0.05) is 6.42 Å². The summed E-state index contributed by atoms with van der Waals surface area (Å²) in [6.07, 6.45) is -3.47. The van der Waals surface area contributed by atoms with Crippen LogP contribution < -0.4 is 0 Å². The summed E-state index contributed by atoms with van der Waals surface area (Å²) in [6.45, 7) is 1.50. The summed E-state index contributed by atoms with van der Waals surface area (Å²) in [4.78, 5) is 46.1. The standard InChI is InChI=1S/C6H13O13P3/c1-3-2-4(7)5(16-3)6(8)17-21(12,13)19-22(14,15)18-20(9,10)11/h3-5,7H,2H2,1H3,(H,12,13)(H,14,15)(H2,9,10,11)/t3-,4?,5-/m0/s1. The van der Waals surface area contributed by atoms with Crippen molar-refractivity contribution in [2.24, 2.45) is 0 Å². The van der Waals surface area contributed by atoms with Crippen molar-refractivity contribution in [3.8, 4) is 0 Å². The number of rotatable bonds is 6. The molecular formula is C6H13O13P3. The summed E-state index contributed by atoms with van der Waals surface area (Å²) in [5.41, 5.74) is 0. The van der Waals surface area contributed by atoms with Crippen LogP contribution in [0.4, 0.5) is 0 Å². The van der Waals surface area contributed by atoms with E-state index in [0.29, 0.717) is 0 Å². The molecule has 1 saturated heterocycles. The highest BCUT2D eigenvalue weighted by Gasteiger charge is 2.46. The van der Waals surface area contributed by atoms with Crippen molar-refractivity contribution in [3.05, 3.63) is 0 Å². The van der Waals surface area contributed by atoms with Gasteiger partial charge < -0.3 is 29.0 Å². The molecule has 0 radical (unpaired) electrons. The van der Waals surface area contributed by atoms with Gasteiger partial charge in [-0.3, -0.25) is 4.89 Å². The van der Waals surface area contributed by atoms with E-state index in [-0.39, 0.29) is 6.42 Å². The zero-order valence-electron chi connectivity index (χ0n) is 10.8. The van der Waals surface area contributed by atoms with Gasteiger partial charge in [0.05, 0.1) is 12.2 Å². The highest BCUT2D eigenvalue weighted by Crippen LogP contribution is 2.66. The summed E-state index contributed by atoms with van der Waals surface area (Å²) in [6, 6.07) is 0. The number of phosphoric ester groups is 1. The Morgan fingerprint density at radius 2 is 1.64 bits per heavy atom. The summed E-state index contributed by atoms with van der Waals surface area (Å²) >= 11 is 0. The first-order valence-electron chi connectivity index (χ1n) is 5.41. The Kier molecular flexibility index (Phi) is 6.11. The molecule has 0 bridgehead atoms. The van der Waals surface area contributed by atoms with Crippen molar-refractivity contribution in [1.29, 1.82) is 0 Å². The number of ether oxygens (including phenoxy) is 1. The van der Waals surface area contributed by atoms with Gasteiger partial charge in [0.15, 0.2) is 6.10 Å². The van der Waals surface area contributed by atoms with Gasteiger partial charge in [-0.1, -0.05) is 0 Å². The van der Waals surface area contributed by atoms with E-state index in [2.05, 4.69) is 13.1 Å². The Balaban J connectivity index is 2.71. The predicted octanol–water partition coefficient (Wildman–Crippen LogP) is -0.605. The number of hydrogen-bond acceptors (Lipinski definition) is 9. The van der Waals surface area contributed by atoms with Gasteiger partial charge in [-0.25, -0.2) is 18.5 Å². The van der Waals surface area contributed by atoms with Crippen molar-refractivity contribution < 1.29 is 61.1 Å². The van der Waals surface area contributed by atoms with E-state index in [0.717, 1.165) is 0 Å². The fraction of sp³-hybridized carbons (Fsp3) is 0.833. The quantitative estimate of drug-likeness (QED) is 0.362. The third-order valence-corrected chi connectivity index (χ3v) is 5.89. The van der Waals surface area contributed by atoms with Crippen molar-refractivity contribution in [2.45, 2.75) is 31.7 Å². The molecule has 16 heteroatoms. The van der Waals surface area contributed by atoms with Crippen molar-refractivity contribution >= 4 is 29.4 Å². The van der Waals surface area contributed by atoms with Gasteiger partial charge in [0.1, 0.15) is 0 Å². The Morgan fingerprint density at radius 1 is 1.09 bits per heavy atom. The highest BCUT2D eigenvalue weighted by molar-refractivity contribution is 7.66. The van der Waals surface area contributed by atoms with Crippen LogP contribution in [0.2, 0.25) is 0 Å². The van der Waals surface area contributed by atoms with Gasteiger partial charge in [0.2, 0.25) is 0 Å². The SMILES string of the molecule is C[C@H]1CC(O)[C@@H](C(=O)OP(=O)(O)OP(=O)(O)OP(=O)(O)O)O1. The lowest BCUT2D eigenvalue weighted by Gasteiger charge is -2.18. The van der Waals surface area contributed by atoms with Crippen molar-refractivity contribution in [3.63, 3.8) is 0 Å². The number of aliphatic hydroxyl groups excluding tert-OH is 1. The normalized spacial score (nSPS) is 31.3. The molecule has 1 aliphatic rings. The number of carbonyl (C=O) groups excluding carboxylic acids is 1. The molecule has 22 heavy (non-hydrogen) atoms. The van der Waals surface area contributed by atoms with Crippen LogP contribution in [0.15, 0.2) is 0 Å². The van der Waals surface area contributed by atoms with E-state index in [1.165, 1.54) is 6.92 Å². The molecule has 0 aromatic carbocycles. The van der Waals surface area contributed by atoms with Crippen LogP contribution in [0.3, 0.4) is 0 Å². The molecule has 1 fully saturated rings. The van der Waals surface area contributed by atoms with Crippen LogP contribution in [-0.4, -0.2) is 49.0 Å². The van der Waals surface area contributed by atoms with Crippen LogP contribution in [0.25, 0.3) is 0 Å². The lowest BCUT2D eigenvalue weighted by Crippen LogP contribution is -2.31. The maximum absolute atomic E-state index is 11.5. The maximum Gasteiger partial charge on any atom is 0.538 e. The fourth-order valence-corrected chi connectivity index (χ4v) is 4.51. The first kappa shape index (κ1) is 19.9. The average molecular weight is 386 g/mol. The van der Waals surface area contributed by atoms with Crippen LogP contribution >= 0.6 is 23.5 Å². The molecule has 1 rings (SSSR count). The Hall–Kier alpha value is -0.160. The van der Waals surface area contributed by atoms with Crippen molar-refractivity contribution in [1.82, 2.24) is 0 Å². The molecule has 0 saturated carbocycles. The molecule has 0 aliphatic carbocycles. The third kappa shape index (κ3) is 6.53.